The van der Waals surface area contributed by atoms with Gasteiger partial charge in [-0.15, -0.1) is 10.2 Å². The normalized spacial score (nSPS) is 10.6. The first-order valence-corrected chi connectivity index (χ1v) is 9.13. The second-order valence-corrected chi connectivity index (χ2v) is 6.72. The van der Waals surface area contributed by atoms with Crippen molar-refractivity contribution in [1.29, 1.82) is 0 Å². The SMILES string of the molecule is Cc1ccccc1-c1nnc(SCC(=O)Nc2ccc(CC(=O)O)cc2)o1. The molecule has 27 heavy (non-hydrogen) atoms. The summed E-state index contributed by atoms with van der Waals surface area (Å²) < 4.78 is 5.61. The molecule has 0 bridgehead atoms. The zero-order chi connectivity index (χ0) is 19.2. The maximum atomic E-state index is 12.1. The van der Waals surface area contributed by atoms with E-state index >= 15 is 0 Å². The van der Waals surface area contributed by atoms with Gasteiger partial charge in [-0.25, -0.2) is 0 Å². The molecule has 1 amide bonds. The van der Waals surface area contributed by atoms with Gasteiger partial charge in [0.1, 0.15) is 0 Å². The lowest BCUT2D eigenvalue weighted by Crippen LogP contribution is -2.14. The van der Waals surface area contributed by atoms with Gasteiger partial charge in [0.15, 0.2) is 0 Å². The smallest absolute Gasteiger partial charge is 0.307 e. The molecule has 0 fully saturated rings. The number of amides is 1. The van der Waals surface area contributed by atoms with Crippen LogP contribution in [0.1, 0.15) is 11.1 Å². The molecule has 0 saturated carbocycles. The number of hydrogen-bond donors (Lipinski definition) is 2. The fourth-order valence-electron chi connectivity index (χ4n) is 2.39. The van der Waals surface area contributed by atoms with Gasteiger partial charge in [-0.1, -0.05) is 42.1 Å². The fraction of sp³-hybridized carbons (Fsp3) is 0.158. The van der Waals surface area contributed by atoms with Crippen LogP contribution in [0.25, 0.3) is 11.5 Å². The maximum absolute atomic E-state index is 12.1. The average molecular weight is 383 g/mol. The molecule has 2 N–H and O–H groups in total. The summed E-state index contributed by atoms with van der Waals surface area (Å²) in [5.74, 6) is -0.578. The van der Waals surface area contributed by atoms with Crippen molar-refractivity contribution in [3.8, 4) is 11.5 Å². The van der Waals surface area contributed by atoms with Gasteiger partial charge in [0.25, 0.3) is 5.22 Å². The Morgan fingerprint density at radius 1 is 1.11 bits per heavy atom. The van der Waals surface area contributed by atoms with Crippen molar-refractivity contribution in [3.05, 3.63) is 59.7 Å². The van der Waals surface area contributed by atoms with E-state index in [1.165, 1.54) is 0 Å². The number of benzene rings is 2. The standard InChI is InChI=1S/C19H17N3O4S/c1-12-4-2-3-5-15(12)18-21-22-19(26-18)27-11-16(23)20-14-8-6-13(7-9-14)10-17(24)25/h2-9H,10-11H2,1H3,(H,20,23)(H,24,25). The Balaban J connectivity index is 1.54. The zero-order valence-corrected chi connectivity index (χ0v) is 15.3. The van der Waals surface area contributed by atoms with Gasteiger partial charge in [-0.3, -0.25) is 9.59 Å². The van der Waals surface area contributed by atoms with E-state index in [0.717, 1.165) is 22.9 Å². The lowest BCUT2D eigenvalue weighted by atomic mass is 10.1. The highest BCUT2D eigenvalue weighted by molar-refractivity contribution is 7.99. The number of aryl methyl sites for hydroxylation is 1. The highest BCUT2D eigenvalue weighted by atomic mass is 32.2. The summed E-state index contributed by atoms with van der Waals surface area (Å²) in [4.78, 5) is 22.7. The predicted octanol–water partition coefficient (Wildman–Crippen LogP) is 3.40. The van der Waals surface area contributed by atoms with Gasteiger partial charge in [0.2, 0.25) is 11.8 Å². The molecule has 0 aliphatic carbocycles. The molecule has 3 aromatic rings. The molecule has 3 rings (SSSR count). The quantitative estimate of drug-likeness (QED) is 0.602. The number of nitrogens with one attached hydrogen (secondary N) is 1. The van der Waals surface area contributed by atoms with E-state index < -0.39 is 5.97 Å². The van der Waals surface area contributed by atoms with Gasteiger partial charge >= 0.3 is 5.97 Å². The van der Waals surface area contributed by atoms with E-state index in [2.05, 4.69) is 15.5 Å². The summed E-state index contributed by atoms with van der Waals surface area (Å²) in [6.45, 7) is 1.96. The summed E-state index contributed by atoms with van der Waals surface area (Å²) in [6.07, 6.45) is -0.0511. The molecule has 0 atom stereocenters. The van der Waals surface area contributed by atoms with Crippen LogP contribution in [-0.4, -0.2) is 32.9 Å². The number of anilines is 1. The van der Waals surface area contributed by atoms with Crippen molar-refractivity contribution in [2.75, 3.05) is 11.1 Å². The van der Waals surface area contributed by atoms with Crippen LogP contribution in [-0.2, 0) is 16.0 Å². The van der Waals surface area contributed by atoms with E-state index in [1.807, 2.05) is 31.2 Å². The van der Waals surface area contributed by atoms with Gasteiger partial charge < -0.3 is 14.8 Å². The number of carboxylic acids is 1. The van der Waals surface area contributed by atoms with E-state index in [4.69, 9.17) is 9.52 Å². The van der Waals surface area contributed by atoms with Gasteiger partial charge in [0.05, 0.1) is 12.2 Å². The number of carbonyl (C=O) groups is 2. The van der Waals surface area contributed by atoms with Crippen LogP contribution in [0.3, 0.4) is 0 Å². The Bertz CT molecular complexity index is 954. The summed E-state index contributed by atoms with van der Waals surface area (Å²) in [7, 11) is 0. The number of rotatable bonds is 7. The molecule has 138 valence electrons. The van der Waals surface area contributed by atoms with Crippen LogP contribution in [0.2, 0.25) is 0 Å². The molecule has 0 spiro atoms. The minimum Gasteiger partial charge on any atom is -0.481 e. The predicted molar refractivity (Wildman–Crippen MR) is 102 cm³/mol. The lowest BCUT2D eigenvalue weighted by Gasteiger charge is -2.05. The average Bonchev–Trinajstić information content (AvgIpc) is 3.10. The van der Waals surface area contributed by atoms with Crippen molar-refractivity contribution in [3.63, 3.8) is 0 Å². The Hall–Kier alpha value is -3.13. The molecule has 0 aliphatic rings. The largest absolute Gasteiger partial charge is 0.481 e. The monoisotopic (exact) mass is 383 g/mol. The van der Waals surface area contributed by atoms with Crippen molar-refractivity contribution in [2.24, 2.45) is 0 Å². The molecule has 1 heterocycles. The first-order chi connectivity index (χ1) is 13.0. The minimum absolute atomic E-state index is 0.0511. The van der Waals surface area contributed by atoms with Crippen molar-refractivity contribution in [1.82, 2.24) is 10.2 Å². The first kappa shape index (κ1) is 18.7. The van der Waals surface area contributed by atoms with Crippen molar-refractivity contribution < 1.29 is 19.1 Å². The fourth-order valence-corrected chi connectivity index (χ4v) is 2.96. The van der Waals surface area contributed by atoms with Crippen LogP contribution in [0, 0.1) is 6.92 Å². The Morgan fingerprint density at radius 2 is 1.85 bits per heavy atom. The number of hydrogen-bond acceptors (Lipinski definition) is 6. The zero-order valence-electron chi connectivity index (χ0n) is 14.5. The van der Waals surface area contributed by atoms with Crippen LogP contribution < -0.4 is 5.32 Å². The van der Waals surface area contributed by atoms with Gasteiger partial charge in [-0.2, -0.15) is 0 Å². The van der Waals surface area contributed by atoms with Gasteiger partial charge in [-0.05, 0) is 36.2 Å². The third-order valence-electron chi connectivity index (χ3n) is 3.70. The highest BCUT2D eigenvalue weighted by Crippen LogP contribution is 2.25. The van der Waals surface area contributed by atoms with Crippen molar-refractivity contribution in [2.45, 2.75) is 18.6 Å². The molecular formula is C19H17N3O4S. The summed E-state index contributed by atoms with van der Waals surface area (Å²) in [5.41, 5.74) is 3.16. The number of carbonyl (C=O) groups excluding carboxylic acids is 1. The number of thioether (sulfide) groups is 1. The first-order valence-electron chi connectivity index (χ1n) is 8.14. The van der Waals surface area contributed by atoms with Crippen LogP contribution >= 0.6 is 11.8 Å². The third kappa shape index (κ3) is 5.18. The van der Waals surface area contributed by atoms with Gasteiger partial charge in [0, 0.05) is 11.3 Å². The van der Waals surface area contributed by atoms with Crippen molar-refractivity contribution >= 4 is 29.3 Å². The van der Waals surface area contributed by atoms with E-state index in [9.17, 15) is 9.59 Å². The Morgan fingerprint density at radius 3 is 2.56 bits per heavy atom. The molecule has 8 heteroatoms. The van der Waals surface area contributed by atoms with Crippen LogP contribution in [0.15, 0.2) is 58.2 Å². The Kier molecular flexibility index (Phi) is 5.87. The third-order valence-corrected chi connectivity index (χ3v) is 4.52. The van der Waals surface area contributed by atoms with E-state index in [1.54, 1.807) is 24.3 Å². The maximum Gasteiger partial charge on any atom is 0.307 e. The summed E-state index contributed by atoms with van der Waals surface area (Å²) in [5, 5.41) is 19.8. The number of aromatic nitrogens is 2. The number of nitrogens with zero attached hydrogens (tertiary/aromatic N) is 2. The van der Waals surface area contributed by atoms with Crippen LogP contribution in [0.4, 0.5) is 5.69 Å². The highest BCUT2D eigenvalue weighted by Gasteiger charge is 2.12. The Labute approximate surface area is 159 Å². The molecule has 0 radical (unpaired) electrons. The summed E-state index contributed by atoms with van der Waals surface area (Å²) in [6, 6.07) is 14.4. The van der Waals surface area contributed by atoms with Crippen LogP contribution in [0.5, 0.6) is 0 Å². The minimum atomic E-state index is -0.896. The van der Waals surface area contributed by atoms with E-state index in [0.29, 0.717) is 22.4 Å². The lowest BCUT2D eigenvalue weighted by molar-refractivity contribution is -0.136. The molecule has 0 aliphatic heterocycles. The topological polar surface area (TPSA) is 105 Å². The molecule has 0 unspecified atom stereocenters. The number of aliphatic carboxylic acids is 1. The molecule has 0 saturated heterocycles. The second-order valence-electron chi connectivity index (χ2n) is 5.79. The second kappa shape index (κ2) is 8.50. The molecular weight excluding hydrogens is 366 g/mol. The number of carboxylic acid groups (broad SMARTS) is 1. The molecule has 7 nitrogen and oxygen atoms in total. The summed E-state index contributed by atoms with van der Waals surface area (Å²) >= 11 is 1.15. The van der Waals surface area contributed by atoms with E-state index in [-0.39, 0.29) is 18.1 Å². The molecule has 1 aromatic heterocycles. The molecule has 2 aromatic carbocycles.